The minimum Gasteiger partial charge on any atom is -0.326 e. The number of hydrazone groups is 1. The topological polar surface area (TPSA) is 108 Å². The molecule has 0 saturated heterocycles. The van der Waals surface area contributed by atoms with Crippen LogP contribution in [0.4, 0.5) is 5.69 Å². The van der Waals surface area contributed by atoms with Crippen LogP contribution in [0.15, 0.2) is 64.6 Å². The van der Waals surface area contributed by atoms with Gasteiger partial charge in [0.25, 0.3) is 5.91 Å². The lowest BCUT2D eigenvalue weighted by Crippen LogP contribution is -2.39. The van der Waals surface area contributed by atoms with E-state index in [2.05, 4.69) is 15.8 Å². The quantitative estimate of drug-likeness (QED) is 0.433. The average Bonchev–Trinajstić information content (AvgIpc) is 2.74. The van der Waals surface area contributed by atoms with E-state index < -0.39 is 15.9 Å². The maximum absolute atomic E-state index is 13.3. The largest absolute Gasteiger partial charge is 0.326 e. The Hall–Kier alpha value is -3.04. The summed E-state index contributed by atoms with van der Waals surface area (Å²) in [6.07, 6.45) is 1.40. The second kappa shape index (κ2) is 11.4. The van der Waals surface area contributed by atoms with E-state index in [-0.39, 0.29) is 23.9 Å². The molecule has 9 heteroatoms. The lowest BCUT2D eigenvalue weighted by Gasteiger charge is -2.22. The maximum Gasteiger partial charge on any atom is 0.255 e. The Bertz CT molecular complexity index is 1010. The molecule has 0 aromatic heterocycles. The van der Waals surface area contributed by atoms with Gasteiger partial charge in [0.15, 0.2) is 0 Å². The first-order valence-corrected chi connectivity index (χ1v) is 11.5. The van der Waals surface area contributed by atoms with Crippen molar-refractivity contribution in [3.63, 3.8) is 0 Å². The number of nitrogens with zero attached hydrogens (tertiary/aromatic N) is 2. The van der Waals surface area contributed by atoms with Crippen LogP contribution in [0, 0.1) is 0 Å². The SMILES string of the molecule is CCC(CC)=NNC(=O)CN(Cc1ccccc1)S(=O)(=O)c1ccc(NC(C)=O)cc1. The molecule has 2 aromatic rings. The number of carbonyl (C=O) groups excluding carboxylic acids is 2. The first kappa shape index (κ1) is 24.2. The van der Waals surface area contributed by atoms with E-state index >= 15 is 0 Å². The first-order valence-electron chi connectivity index (χ1n) is 10.0. The van der Waals surface area contributed by atoms with Crippen molar-refractivity contribution in [1.29, 1.82) is 0 Å². The molecule has 31 heavy (non-hydrogen) atoms. The minimum atomic E-state index is -3.98. The summed E-state index contributed by atoms with van der Waals surface area (Å²) in [5.41, 5.74) is 4.51. The van der Waals surface area contributed by atoms with Crippen molar-refractivity contribution in [2.75, 3.05) is 11.9 Å². The van der Waals surface area contributed by atoms with Crippen molar-refractivity contribution >= 4 is 33.2 Å². The van der Waals surface area contributed by atoms with Crippen LogP contribution in [0.1, 0.15) is 39.2 Å². The molecule has 0 aliphatic rings. The van der Waals surface area contributed by atoms with E-state index in [1.807, 2.05) is 32.0 Å². The van der Waals surface area contributed by atoms with Crippen LogP contribution in [0.5, 0.6) is 0 Å². The van der Waals surface area contributed by atoms with Crippen LogP contribution < -0.4 is 10.7 Å². The van der Waals surface area contributed by atoms with E-state index in [0.29, 0.717) is 18.5 Å². The molecule has 8 nitrogen and oxygen atoms in total. The van der Waals surface area contributed by atoms with Crippen LogP contribution in [0.25, 0.3) is 0 Å². The van der Waals surface area contributed by atoms with Gasteiger partial charge in [0, 0.05) is 24.9 Å². The van der Waals surface area contributed by atoms with Crippen LogP contribution >= 0.6 is 0 Å². The molecule has 0 radical (unpaired) electrons. The van der Waals surface area contributed by atoms with Crippen molar-refractivity contribution in [3.8, 4) is 0 Å². The predicted molar refractivity (Wildman–Crippen MR) is 121 cm³/mol. The number of benzene rings is 2. The molecular weight excluding hydrogens is 416 g/mol. The third kappa shape index (κ3) is 7.30. The molecule has 2 rings (SSSR count). The second-order valence-corrected chi connectivity index (χ2v) is 8.82. The molecule has 2 amide bonds. The molecule has 166 valence electrons. The minimum absolute atomic E-state index is 0.0247. The van der Waals surface area contributed by atoms with Gasteiger partial charge in [-0.3, -0.25) is 9.59 Å². The third-order valence-electron chi connectivity index (χ3n) is 4.49. The fourth-order valence-corrected chi connectivity index (χ4v) is 4.20. The summed E-state index contributed by atoms with van der Waals surface area (Å²) < 4.78 is 27.7. The van der Waals surface area contributed by atoms with Crippen LogP contribution in [0.2, 0.25) is 0 Å². The van der Waals surface area contributed by atoms with Gasteiger partial charge >= 0.3 is 0 Å². The van der Waals surface area contributed by atoms with E-state index in [4.69, 9.17) is 0 Å². The van der Waals surface area contributed by atoms with E-state index in [0.717, 1.165) is 15.6 Å². The van der Waals surface area contributed by atoms with Crippen LogP contribution in [0.3, 0.4) is 0 Å². The number of sulfonamides is 1. The molecule has 0 fully saturated rings. The smallest absolute Gasteiger partial charge is 0.255 e. The Morgan fingerprint density at radius 1 is 0.968 bits per heavy atom. The predicted octanol–water partition coefficient (Wildman–Crippen LogP) is 3.13. The summed E-state index contributed by atoms with van der Waals surface area (Å²) in [6, 6.07) is 14.9. The number of hydrogen-bond donors (Lipinski definition) is 2. The number of amides is 2. The first-order chi connectivity index (χ1) is 14.8. The summed E-state index contributed by atoms with van der Waals surface area (Å²) in [4.78, 5) is 23.7. The normalized spacial score (nSPS) is 11.1. The van der Waals surface area contributed by atoms with Gasteiger partial charge in [0.05, 0.1) is 11.4 Å². The third-order valence-corrected chi connectivity index (χ3v) is 6.30. The van der Waals surface area contributed by atoms with Gasteiger partial charge in [-0.1, -0.05) is 44.2 Å². The molecule has 2 N–H and O–H groups in total. The number of rotatable bonds is 10. The number of carbonyl (C=O) groups is 2. The maximum atomic E-state index is 13.3. The monoisotopic (exact) mass is 444 g/mol. The van der Waals surface area contributed by atoms with Crippen LogP contribution in [-0.4, -0.2) is 36.8 Å². The zero-order chi connectivity index (χ0) is 22.9. The molecule has 0 bridgehead atoms. The van der Waals surface area contributed by atoms with Crippen molar-refractivity contribution in [1.82, 2.24) is 9.73 Å². The number of anilines is 1. The van der Waals surface area contributed by atoms with Gasteiger partial charge in [-0.25, -0.2) is 13.8 Å². The highest BCUT2D eigenvalue weighted by molar-refractivity contribution is 7.89. The summed E-state index contributed by atoms with van der Waals surface area (Å²) in [5.74, 6) is -0.772. The Kier molecular flexibility index (Phi) is 8.89. The molecule has 0 saturated carbocycles. The molecule has 0 atom stereocenters. The summed E-state index contributed by atoms with van der Waals surface area (Å²) in [5, 5.41) is 6.67. The van der Waals surface area contributed by atoms with Crippen LogP contribution in [-0.2, 0) is 26.2 Å². The van der Waals surface area contributed by atoms with E-state index in [1.54, 1.807) is 12.1 Å². The van der Waals surface area contributed by atoms with Gasteiger partial charge in [-0.2, -0.15) is 9.41 Å². The van der Waals surface area contributed by atoms with Crippen molar-refractivity contribution in [2.24, 2.45) is 5.10 Å². The highest BCUT2D eigenvalue weighted by atomic mass is 32.2. The second-order valence-electron chi connectivity index (χ2n) is 6.88. The molecule has 0 aliphatic carbocycles. The summed E-state index contributed by atoms with van der Waals surface area (Å²) in [7, 11) is -3.98. The highest BCUT2D eigenvalue weighted by Crippen LogP contribution is 2.20. The van der Waals surface area contributed by atoms with E-state index in [9.17, 15) is 18.0 Å². The highest BCUT2D eigenvalue weighted by Gasteiger charge is 2.27. The fourth-order valence-electron chi connectivity index (χ4n) is 2.82. The summed E-state index contributed by atoms with van der Waals surface area (Å²) in [6.45, 7) is 4.89. The van der Waals surface area contributed by atoms with Gasteiger partial charge < -0.3 is 5.32 Å². The lowest BCUT2D eigenvalue weighted by atomic mass is 10.2. The zero-order valence-electron chi connectivity index (χ0n) is 18.0. The molecule has 0 aliphatic heterocycles. The lowest BCUT2D eigenvalue weighted by molar-refractivity contribution is -0.121. The van der Waals surface area contributed by atoms with E-state index in [1.165, 1.54) is 31.2 Å². The van der Waals surface area contributed by atoms with Gasteiger partial charge in [0.1, 0.15) is 0 Å². The Morgan fingerprint density at radius 3 is 2.13 bits per heavy atom. The average molecular weight is 445 g/mol. The van der Waals surface area contributed by atoms with Gasteiger partial charge in [0.2, 0.25) is 15.9 Å². The van der Waals surface area contributed by atoms with Gasteiger partial charge in [-0.15, -0.1) is 0 Å². The Balaban J connectivity index is 2.28. The molecule has 0 unspecified atom stereocenters. The zero-order valence-corrected chi connectivity index (χ0v) is 18.8. The molecule has 0 heterocycles. The molecule has 0 spiro atoms. The van der Waals surface area contributed by atoms with Gasteiger partial charge in [-0.05, 0) is 42.7 Å². The fraction of sp³-hybridized carbons (Fsp3) is 0.318. The number of hydrogen-bond acceptors (Lipinski definition) is 5. The molecule has 2 aromatic carbocycles. The molecular formula is C22H28N4O4S. The van der Waals surface area contributed by atoms with Crippen molar-refractivity contribution < 1.29 is 18.0 Å². The van der Waals surface area contributed by atoms with Crippen molar-refractivity contribution in [2.45, 2.75) is 45.1 Å². The number of nitrogens with one attached hydrogen (secondary N) is 2. The summed E-state index contributed by atoms with van der Waals surface area (Å²) >= 11 is 0. The standard InChI is InChI=1S/C22H28N4O4S/c1-4-19(5-2)24-25-22(28)16-26(15-18-9-7-6-8-10-18)31(29,30)21-13-11-20(12-14-21)23-17(3)27/h6-14H,4-5,15-16H2,1-3H3,(H,23,27)(H,25,28). The Labute approximate surface area is 183 Å². The van der Waals surface area contributed by atoms with Crippen molar-refractivity contribution in [3.05, 3.63) is 60.2 Å². The Morgan fingerprint density at radius 2 is 1.58 bits per heavy atom.